The first kappa shape index (κ1) is 18.3. The molecule has 5 heteroatoms. The Kier molecular flexibility index (Phi) is 6.43. The summed E-state index contributed by atoms with van der Waals surface area (Å²) in [5, 5.41) is 0. The van der Waals surface area contributed by atoms with Gasteiger partial charge in [0.05, 0.1) is 21.3 Å². The zero-order chi connectivity index (χ0) is 17.6. The van der Waals surface area contributed by atoms with Crippen molar-refractivity contribution in [1.29, 1.82) is 0 Å². The second-order valence-corrected chi connectivity index (χ2v) is 7.22. The van der Waals surface area contributed by atoms with Gasteiger partial charge in [-0.1, -0.05) is 18.9 Å². The quantitative estimate of drug-likeness (QED) is 0.757. The summed E-state index contributed by atoms with van der Waals surface area (Å²) in [6.07, 6.45) is 5.74. The van der Waals surface area contributed by atoms with Gasteiger partial charge in [0.25, 0.3) is 0 Å². The first-order valence-corrected chi connectivity index (χ1v) is 9.47. The van der Waals surface area contributed by atoms with Crippen LogP contribution in [-0.2, 0) is 6.54 Å². The van der Waals surface area contributed by atoms with Crippen LogP contribution in [0.2, 0.25) is 0 Å². The highest BCUT2D eigenvalue weighted by Gasteiger charge is 2.24. The van der Waals surface area contributed by atoms with Crippen molar-refractivity contribution in [3.63, 3.8) is 0 Å². The molecule has 0 aromatic heterocycles. The minimum absolute atomic E-state index is 0.683. The van der Waals surface area contributed by atoms with E-state index >= 15 is 0 Å². The van der Waals surface area contributed by atoms with Gasteiger partial charge < -0.3 is 19.1 Å². The molecular formula is C20H32N2O3. The maximum Gasteiger partial charge on any atom is 0.203 e. The van der Waals surface area contributed by atoms with E-state index in [9.17, 15) is 0 Å². The van der Waals surface area contributed by atoms with E-state index < -0.39 is 0 Å². The number of methoxy groups -OCH3 is 3. The molecule has 0 N–H and O–H groups in total. The first-order chi connectivity index (χ1) is 12.2. The van der Waals surface area contributed by atoms with Crippen molar-refractivity contribution in [3.05, 3.63) is 17.7 Å². The van der Waals surface area contributed by atoms with E-state index in [0.717, 1.165) is 36.9 Å². The monoisotopic (exact) mass is 348 g/mol. The fourth-order valence-corrected chi connectivity index (χ4v) is 4.22. The largest absolute Gasteiger partial charge is 0.493 e. The summed E-state index contributed by atoms with van der Waals surface area (Å²) in [6, 6.07) is 4.05. The third-order valence-corrected chi connectivity index (χ3v) is 5.64. The number of nitrogens with zero attached hydrogens (tertiary/aromatic N) is 2. The molecule has 1 saturated heterocycles. The Balaban J connectivity index is 1.58. The highest BCUT2D eigenvalue weighted by molar-refractivity contribution is 5.55. The number of piperazine rings is 1. The van der Waals surface area contributed by atoms with Gasteiger partial charge in [0.2, 0.25) is 5.75 Å². The van der Waals surface area contributed by atoms with Gasteiger partial charge in [-0.15, -0.1) is 0 Å². The Morgan fingerprint density at radius 2 is 1.48 bits per heavy atom. The van der Waals surface area contributed by atoms with Crippen LogP contribution >= 0.6 is 0 Å². The molecule has 5 nitrogen and oxygen atoms in total. The normalized spacial score (nSPS) is 20.0. The van der Waals surface area contributed by atoms with Crippen molar-refractivity contribution in [2.24, 2.45) is 5.92 Å². The Bertz CT molecular complexity index is 550. The molecule has 1 aromatic carbocycles. The van der Waals surface area contributed by atoms with E-state index in [1.807, 2.05) is 6.07 Å². The van der Waals surface area contributed by atoms with Gasteiger partial charge in [0.15, 0.2) is 11.5 Å². The van der Waals surface area contributed by atoms with Crippen molar-refractivity contribution in [3.8, 4) is 17.2 Å². The van der Waals surface area contributed by atoms with Crippen molar-refractivity contribution in [1.82, 2.24) is 9.80 Å². The van der Waals surface area contributed by atoms with Crippen LogP contribution < -0.4 is 14.2 Å². The van der Waals surface area contributed by atoms with Crippen LogP contribution in [0.25, 0.3) is 0 Å². The Hall–Kier alpha value is -1.46. The summed E-state index contributed by atoms with van der Waals surface area (Å²) < 4.78 is 16.5. The lowest BCUT2D eigenvalue weighted by atomic mass is 10.1. The average molecular weight is 348 g/mol. The molecule has 3 rings (SSSR count). The second kappa shape index (κ2) is 8.77. The molecule has 140 valence electrons. The first-order valence-electron chi connectivity index (χ1n) is 9.47. The Morgan fingerprint density at radius 1 is 0.840 bits per heavy atom. The molecule has 1 aliphatic heterocycles. The molecule has 2 aliphatic rings. The lowest BCUT2D eigenvalue weighted by Crippen LogP contribution is -2.47. The molecule has 25 heavy (non-hydrogen) atoms. The third kappa shape index (κ3) is 4.39. The van der Waals surface area contributed by atoms with Crippen LogP contribution in [0, 0.1) is 5.92 Å². The Labute approximate surface area is 151 Å². The minimum Gasteiger partial charge on any atom is -0.493 e. The van der Waals surface area contributed by atoms with Gasteiger partial charge >= 0.3 is 0 Å². The number of hydrogen-bond donors (Lipinski definition) is 0. The van der Waals surface area contributed by atoms with Gasteiger partial charge in [-0.05, 0) is 24.8 Å². The van der Waals surface area contributed by atoms with Gasteiger partial charge in [-0.2, -0.15) is 0 Å². The molecule has 1 aromatic rings. The maximum absolute atomic E-state index is 5.62. The lowest BCUT2D eigenvalue weighted by molar-refractivity contribution is 0.113. The van der Waals surface area contributed by atoms with Crippen molar-refractivity contribution in [2.75, 3.05) is 54.1 Å². The third-order valence-electron chi connectivity index (χ3n) is 5.64. The topological polar surface area (TPSA) is 34.2 Å². The molecule has 1 heterocycles. The van der Waals surface area contributed by atoms with Crippen LogP contribution in [0.4, 0.5) is 0 Å². The molecule has 0 amide bonds. The van der Waals surface area contributed by atoms with Crippen LogP contribution in [0.1, 0.15) is 31.2 Å². The number of hydrogen-bond acceptors (Lipinski definition) is 5. The van der Waals surface area contributed by atoms with Crippen LogP contribution in [0.15, 0.2) is 12.1 Å². The zero-order valence-electron chi connectivity index (χ0n) is 15.9. The Morgan fingerprint density at radius 3 is 2.08 bits per heavy atom. The maximum atomic E-state index is 5.62. The van der Waals surface area contributed by atoms with Crippen LogP contribution in [-0.4, -0.2) is 63.9 Å². The van der Waals surface area contributed by atoms with Crippen molar-refractivity contribution in [2.45, 2.75) is 32.2 Å². The summed E-state index contributed by atoms with van der Waals surface area (Å²) in [5.74, 6) is 3.12. The van der Waals surface area contributed by atoms with Gasteiger partial charge in [-0.25, -0.2) is 0 Å². The fourth-order valence-electron chi connectivity index (χ4n) is 4.22. The molecule has 1 aliphatic carbocycles. The van der Waals surface area contributed by atoms with E-state index in [1.165, 1.54) is 45.3 Å². The summed E-state index contributed by atoms with van der Waals surface area (Å²) in [5.41, 5.74) is 1.16. The van der Waals surface area contributed by atoms with E-state index in [4.69, 9.17) is 14.2 Å². The number of benzene rings is 1. The molecule has 0 radical (unpaired) electrons. The van der Waals surface area contributed by atoms with Crippen molar-refractivity contribution >= 4 is 0 Å². The summed E-state index contributed by atoms with van der Waals surface area (Å²) in [6.45, 7) is 6.76. The summed E-state index contributed by atoms with van der Waals surface area (Å²) >= 11 is 0. The number of ether oxygens (including phenoxy) is 3. The lowest BCUT2D eigenvalue weighted by Gasteiger charge is -2.36. The molecule has 0 bridgehead atoms. The summed E-state index contributed by atoms with van der Waals surface area (Å²) in [7, 11) is 5.01. The van der Waals surface area contributed by atoms with Gasteiger partial charge in [0, 0.05) is 44.8 Å². The highest BCUT2D eigenvalue weighted by atomic mass is 16.5. The summed E-state index contributed by atoms with van der Waals surface area (Å²) in [4.78, 5) is 5.16. The van der Waals surface area contributed by atoms with Gasteiger partial charge in [-0.3, -0.25) is 4.90 Å². The molecule has 0 atom stereocenters. The SMILES string of the molecule is COc1ccc(CN2CCN(CC3CCCC3)CC2)c(OC)c1OC. The van der Waals surface area contributed by atoms with Gasteiger partial charge in [0.1, 0.15) is 0 Å². The van der Waals surface area contributed by atoms with E-state index in [0.29, 0.717) is 11.5 Å². The van der Waals surface area contributed by atoms with Crippen LogP contribution in [0.5, 0.6) is 17.2 Å². The van der Waals surface area contributed by atoms with E-state index in [-0.39, 0.29) is 0 Å². The zero-order valence-corrected chi connectivity index (χ0v) is 15.9. The highest BCUT2D eigenvalue weighted by Crippen LogP contribution is 2.40. The van der Waals surface area contributed by atoms with Crippen molar-refractivity contribution < 1.29 is 14.2 Å². The number of rotatable bonds is 7. The van der Waals surface area contributed by atoms with Crippen LogP contribution in [0.3, 0.4) is 0 Å². The molecular weight excluding hydrogens is 316 g/mol. The predicted octanol–water partition coefficient (Wildman–Crippen LogP) is 3.02. The molecule has 0 spiro atoms. The standard InChI is InChI=1S/C20H32N2O3/c1-23-18-9-8-17(19(24-2)20(18)25-3)15-22-12-10-21(11-13-22)14-16-6-4-5-7-16/h8-9,16H,4-7,10-15H2,1-3H3. The molecule has 0 unspecified atom stereocenters. The fraction of sp³-hybridized carbons (Fsp3) is 0.700. The smallest absolute Gasteiger partial charge is 0.203 e. The second-order valence-electron chi connectivity index (χ2n) is 7.22. The van der Waals surface area contributed by atoms with E-state index in [1.54, 1.807) is 21.3 Å². The molecule has 1 saturated carbocycles. The van der Waals surface area contributed by atoms with E-state index in [2.05, 4.69) is 15.9 Å². The molecule has 2 fully saturated rings. The predicted molar refractivity (Wildman–Crippen MR) is 99.8 cm³/mol. The minimum atomic E-state index is 0.683. The average Bonchev–Trinajstić information content (AvgIpc) is 3.15.